The lowest BCUT2D eigenvalue weighted by Gasteiger charge is -2.59. The second kappa shape index (κ2) is 8.80. The molecule has 8 nitrogen and oxygen atoms in total. The zero-order chi connectivity index (χ0) is 30.8. The van der Waals surface area contributed by atoms with E-state index in [0.717, 1.165) is 11.1 Å². The Hall–Kier alpha value is -2.94. The summed E-state index contributed by atoms with van der Waals surface area (Å²) in [4.78, 5) is 29.4. The number of aliphatic hydroxyl groups excluding tert-OH is 1. The molecule has 7 rings (SSSR count). The zero-order valence-corrected chi connectivity index (χ0v) is 26.1. The number of benzene rings is 1. The number of fused-ring (bicyclic) bond motifs is 3. The molecule has 2 fully saturated rings. The molecule has 6 atom stereocenters. The number of methoxy groups -OCH3 is 1. The molecule has 3 aliphatic carbocycles. The van der Waals surface area contributed by atoms with Gasteiger partial charge in [-0.1, -0.05) is 37.1 Å². The monoisotopic (exact) mass is 578 g/mol. The van der Waals surface area contributed by atoms with Gasteiger partial charge in [0.15, 0.2) is 17.0 Å². The van der Waals surface area contributed by atoms with Crippen molar-refractivity contribution in [3.05, 3.63) is 51.6 Å². The predicted octanol–water partition coefficient (Wildman–Crippen LogP) is 5.06. The molecule has 2 N–H and O–H groups in total. The van der Waals surface area contributed by atoms with E-state index in [-0.39, 0.29) is 54.0 Å². The summed E-state index contributed by atoms with van der Waals surface area (Å²) in [6, 6.07) is 0. The number of allylic oxidation sites excluding steroid dienone is 3. The Labute approximate surface area is 247 Å². The molecule has 42 heavy (non-hydrogen) atoms. The molecule has 1 aromatic rings. The number of Topliss-reactive ketones (excluding diaryl/α,β-unsaturated/α-hetero) is 2. The maximum Gasteiger partial charge on any atom is 0.205 e. The molecule has 1 saturated heterocycles. The molecule has 0 radical (unpaired) electrons. The van der Waals surface area contributed by atoms with Crippen LogP contribution >= 0.6 is 0 Å². The Bertz CT molecular complexity index is 1520. The van der Waals surface area contributed by atoms with Gasteiger partial charge in [-0.2, -0.15) is 0 Å². The van der Waals surface area contributed by atoms with E-state index in [1.165, 1.54) is 7.11 Å². The Morgan fingerprint density at radius 2 is 1.76 bits per heavy atom. The first-order valence-corrected chi connectivity index (χ1v) is 14.8. The number of hydrogen-bond donors (Lipinski definition) is 2. The summed E-state index contributed by atoms with van der Waals surface area (Å²) in [7, 11) is 1.46. The summed E-state index contributed by atoms with van der Waals surface area (Å²) in [5.74, 6) is -0.774. The maximum atomic E-state index is 14.8. The molecule has 6 aliphatic rings. The average Bonchev–Trinajstić information content (AvgIpc) is 3.26. The third kappa shape index (κ3) is 3.23. The fraction of sp³-hybridized carbons (Fsp3) is 0.588. The summed E-state index contributed by atoms with van der Waals surface area (Å²) >= 11 is 0. The van der Waals surface area contributed by atoms with E-state index < -0.39 is 39.5 Å². The van der Waals surface area contributed by atoms with Crippen LogP contribution in [0.15, 0.2) is 34.9 Å². The lowest BCUT2D eigenvalue weighted by atomic mass is 9.49. The van der Waals surface area contributed by atoms with Gasteiger partial charge >= 0.3 is 0 Å². The number of ether oxygens (including phenoxy) is 4. The maximum absolute atomic E-state index is 14.8. The highest BCUT2D eigenvalue weighted by Crippen LogP contribution is 2.70. The van der Waals surface area contributed by atoms with Crippen LogP contribution in [0.3, 0.4) is 0 Å². The Morgan fingerprint density at radius 3 is 2.36 bits per heavy atom. The summed E-state index contributed by atoms with van der Waals surface area (Å²) in [5.41, 5.74) is -2.82. The van der Waals surface area contributed by atoms with E-state index in [0.29, 0.717) is 23.3 Å². The highest BCUT2D eigenvalue weighted by atomic mass is 16.6. The molecule has 0 amide bonds. The topological polar surface area (TPSA) is 112 Å². The van der Waals surface area contributed by atoms with Gasteiger partial charge in [0.2, 0.25) is 5.78 Å². The molecule has 8 heteroatoms. The van der Waals surface area contributed by atoms with Gasteiger partial charge in [0.05, 0.1) is 12.2 Å². The summed E-state index contributed by atoms with van der Waals surface area (Å²) in [6.07, 6.45) is 5.93. The van der Waals surface area contributed by atoms with Crippen LogP contribution in [0.25, 0.3) is 0 Å². The van der Waals surface area contributed by atoms with Crippen molar-refractivity contribution in [1.29, 1.82) is 0 Å². The van der Waals surface area contributed by atoms with Crippen LogP contribution in [0.2, 0.25) is 0 Å². The lowest BCUT2D eigenvalue weighted by molar-refractivity contribution is -0.191. The Balaban J connectivity index is 1.72. The Morgan fingerprint density at radius 1 is 1.10 bits per heavy atom. The first-order chi connectivity index (χ1) is 19.6. The number of aromatic hydroxyl groups is 1. The first kappa shape index (κ1) is 29.1. The van der Waals surface area contributed by atoms with Crippen molar-refractivity contribution in [3.63, 3.8) is 0 Å². The summed E-state index contributed by atoms with van der Waals surface area (Å²) < 4.78 is 26.2. The molecule has 3 aliphatic heterocycles. The molecule has 4 bridgehead atoms. The normalized spacial score (nSPS) is 36.4. The number of phenols is 1. The molecule has 3 heterocycles. The van der Waals surface area contributed by atoms with E-state index in [9.17, 15) is 19.8 Å². The number of carbonyl (C=O) groups is 2. The second-order valence-electron chi connectivity index (χ2n) is 14.0. The van der Waals surface area contributed by atoms with Crippen molar-refractivity contribution in [2.45, 2.75) is 109 Å². The largest absolute Gasteiger partial charge is 0.507 e. The lowest BCUT2D eigenvalue weighted by Crippen LogP contribution is -2.77. The van der Waals surface area contributed by atoms with Gasteiger partial charge in [0.25, 0.3) is 0 Å². The second-order valence-corrected chi connectivity index (χ2v) is 14.0. The summed E-state index contributed by atoms with van der Waals surface area (Å²) in [6.45, 7) is 15.3. The van der Waals surface area contributed by atoms with Crippen LogP contribution in [0.5, 0.6) is 17.2 Å². The van der Waals surface area contributed by atoms with E-state index in [4.69, 9.17) is 18.9 Å². The number of aliphatic hydroxyl groups is 1. The van der Waals surface area contributed by atoms with Gasteiger partial charge in [0.1, 0.15) is 34.5 Å². The average molecular weight is 579 g/mol. The van der Waals surface area contributed by atoms with Crippen molar-refractivity contribution >= 4 is 11.6 Å². The number of phenolic OH excluding ortho intramolecular Hbond substituents is 1. The molecule has 1 aromatic carbocycles. The zero-order valence-electron chi connectivity index (χ0n) is 26.1. The van der Waals surface area contributed by atoms with Crippen molar-refractivity contribution in [3.8, 4) is 17.2 Å². The van der Waals surface area contributed by atoms with Crippen molar-refractivity contribution in [2.75, 3.05) is 13.7 Å². The quantitative estimate of drug-likeness (QED) is 0.451. The fourth-order valence-electron chi connectivity index (χ4n) is 7.98. The molecule has 0 aromatic heterocycles. The summed E-state index contributed by atoms with van der Waals surface area (Å²) in [5, 5.41) is 22.5. The number of ketones is 2. The highest BCUT2D eigenvalue weighted by Gasteiger charge is 2.85. The van der Waals surface area contributed by atoms with E-state index in [2.05, 4.69) is 0 Å². The molecule has 0 unspecified atom stereocenters. The number of carbonyl (C=O) groups excluding carboxylic acids is 2. The number of rotatable bonds is 6. The standard InChI is InChI=1S/C34H42O8/c1-17(2)10-11-20-25(36)23-26(37)21-14-32(39-9)15-22-31(8,16-35)42-33(29(32)38,13-12-18(3)4)34(21,22)41-28(23)24-27(20)40-19(5)30(24,6)7/h10,12,14,19,22,35-36H,11,13,15-16H2,1-9H3/t19-,22+,31-,32+,33+,34-/m0/s1. The smallest absolute Gasteiger partial charge is 0.205 e. The van der Waals surface area contributed by atoms with Crippen LogP contribution in [0.1, 0.15) is 89.7 Å². The third-order valence-corrected chi connectivity index (χ3v) is 10.6. The van der Waals surface area contributed by atoms with Crippen LogP contribution in [-0.2, 0) is 26.1 Å². The van der Waals surface area contributed by atoms with Crippen LogP contribution in [-0.4, -0.2) is 64.0 Å². The third-order valence-electron chi connectivity index (χ3n) is 10.6. The van der Waals surface area contributed by atoms with Crippen LogP contribution < -0.4 is 9.47 Å². The van der Waals surface area contributed by atoms with Crippen molar-refractivity contribution in [1.82, 2.24) is 0 Å². The SMILES string of the molecule is CO[C@]12C=C3C(=O)c4c(O)c(CC=C(C)C)c5c(c4O[C@]34[C@H](C1)[C@](C)(CO)O[C@]4(CC=C(C)C)C2=O)C(C)(C)[C@H](C)O5. The molecule has 226 valence electrons. The van der Waals surface area contributed by atoms with E-state index in [1.807, 2.05) is 60.6 Å². The number of hydrogen-bond acceptors (Lipinski definition) is 8. The molecule has 1 spiro atoms. The van der Waals surface area contributed by atoms with Crippen LogP contribution in [0.4, 0.5) is 0 Å². The first-order valence-electron chi connectivity index (χ1n) is 14.8. The van der Waals surface area contributed by atoms with E-state index >= 15 is 0 Å². The van der Waals surface area contributed by atoms with Crippen LogP contribution in [0, 0.1) is 5.92 Å². The van der Waals surface area contributed by atoms with E-state index in [1.54, 1.807) is 13.0 Å². The molecule has 1 saturated carbocycles. The van der Waals surface area contributed by atoms with Gasteiger partial charge in [-0.25, -0.2) is 0 Å². The highest BCUT2D eigenvalue weighted by molar-refractivity contribution is 6.20. The fourth-order valence-corrected chi connectivity index (χ4v) is 7.98. The van der Waals surface area contributed by atoms with Crippen molar-refractivity contribution in [2.24, 2.45) is 5.92 Å². The predicted molar refractivity (Wildman–Crippen MR) is 156 cm³/mol. The van der Waals surface area contributed by atoms with Gasteiger partial charge in [-0.3, -0.25) is 9.59 Å². The minimum atomic E-state index is -1.64. The van der Waals surface area contributed by atoms with Gasteiger partial charge < -0.3 is 29.2 Å². The molecular weight excluding hydrogens is 536 g/mol. The van der Waals surface area contributed by atoms with Crippen molar-refractivity contribution < 1.29 is 38.7 Å². The Kier molecular flexibility index (Phi) is 6.11. The van der Waals surface area contributed by atoms with Gasteiger partial charge in [0, 0.05) is 41.6 Å². The van der Waals surface area contributed by atoms with Gasteiger partial charge in [-0.05, 0) is 60.5 Å². The minimum Gasteiger partial charge on any atom is -0.507 e. The molecular formula is C34H42O8. The minimum absolute atomic E-state index is 0.0715. The van der Waals surface area contributed by atoms with Gasteiger partial charge in [-0.15, -0.1) is 0 Å².